The quantitative estimate of drug-likeness (QED) is 0.0845. The first-order valence-electron chi connectivity index (χ1n) is 16.2. The number of esters is 1. The average Bonchev–Trinajstić information content (AvgIpc) is 3.25. The number of rotatable bonds is 19. The number of nitrogens with one attached hydrogen (secondary N) is 4. The first kappa shape index (κ1) is 38.7. The number of amides is 7. The Bertz CT molecular complexity index is 1270. The fourth-order valence-corrected chi connectivity index (χ4v) is 4.88. The van der Waals surface area contributed by atoms with Gasteiger partial charge in [-0.1, -0.05) is 53.2 Å². The largest absolute Gasteiger partial charge is 0.461 e. The Morgan fingerprint density at radius 3 is 2.19 bits per heavy atom. The zero-order valence-electron chi connectivity index (χ0n) is 28.1. The summed E-state index contributed by atoms with van der Waals surface area (Å²) in [6, 6.07) is 4.14. The highest BCUT2D eigenvalue weighted by Crippen LogP contribution is 2.19. The summed E-state index contributed by atoms with van der Waals surface area (Å²) in [5.74, 6) is -2.81. The van der Waals surface area contributed by atoms with Crippen LogP contribution < -0.4 is 27.0 Å². The lowest BCUT2D eigenvalue weighted by Gasteiger charge is -2.25. The van der Waals surface area contributed by atoms with Crippen LogP contribution in [0.1, 0.15) is 85.1 Å². The number of carbonyl (C=O) groups is 7. The second-order valence-corrected chi connectivity index (χ2v) is 12.5. The van der Waals surface area contributed by atoms with Gasteiger partial charge in [-0.05, 0) is 49.3 Å². The third-order valence-corrected chi connectivity index (χ3v) is 7.70. The van der Waals surface area contributed by atoms with Gasteiger partial charge in [-0.25, -0.2) is 4.79 Å². The maximum atomic E-state index is 13.4. The Hall–Kier alpha value is -4.49. The summed E-state index contributed by atoms with van der Waals surface area (Å²) in [5, 5.41) is 10.8. The molecule has 0 radical (unpaired) electrons. The van der Waals surface area contributed by atoms with Gasteiger partial charge in [0.25, 0.3) is 0 Å². The van der Waals surface area contributed by atoms with Crippen LogP contribution in [-0.4, -0.2) is 71.6 Å². The summed E-state index contributed by atoms with van der Waals surface area (Å²) >= 11 is 0. The Balaban J connectivity index is 1.94. The van der Waals surface area contributed by atoms with Crippen LogP contribution >= 0.6 is 0 Å². The summed E-state index contributed by atoms with van der Waals surface area (Å²) < 4.78 is 5.23. The molecular weight excluding hydrogens is 608 g/mol. The monoisotopic (exact) mass is 658 g/mol. The lowest BCUT2D eigenvalue weighted by molar-refractivity contribution is -0.148. The molecule has 1 unspecified atom stereocenters. The van der Waals surface area contributed by atoms with Crippen LogP contribution in [0.2, 0.25) is 0 Å². The van der Waals surface area contributed by atoms with E-state index in [9.17, 15) is 33.6 Å². The number of urea groups is 1. The number of carbonyl (C=O) groups excluding carboxylic acids is 7. The first-order chi connectivity index (χ1) is 22.2. The van der Waals surface area contributed by atoms with Crippen LogP contribution in [-0.2, 0) is 40.1 Å². The molecule has 1 aliphatic heterocycles. The molecule has 1 heterocycles. The third kappa shape index (κ3) is 13.4. The summed E-state index contributed by atoms with van der Waals surface area (Å²) in [7, 11) is 0. The first-order valence-corrected chi connectivity index (χ1v) is 16.2. The van der Waals surface area contributed by atoms with Crippen molar-refractivity contribution in [2.24, 2.45) is 23.5 Å². The molecule has 47 heavy (non-hydrogen) atoms. The SMILES string of the molecule is CC(C)C(=O)OCc1ccc(NC(=O)[C@H](CCCNC(N)=O)NC(=O)[C@@H](NC(=O)CCCCCN2C(=O)CC(C)C2=O)C(C)C)cc1. The van der Waals surface area contributed by atoms with Crippen molar-refractivity contribution in [2.75, 3.05) is 18.4 Å². The van der Waals surface area contributed by atoms with Crippen molar-refractivity contribution in [2.45, 2.75) is 98.3 Å². The van der Waals surface area contributed by atoms with E-state index in [1.807, 2.05) is 0 Å². The maximum absolute atomic E-state index is 13.4. The van der Waals surface area contributed by atoms with Gasteiger partial charge in [0.05, 0.1) is 5.92 Å². The molecule has 260 valence electrons. The molecule has 1 fully saturated rings. The van der Waals surface area contributed by atoms with Crippen molar-refractivity contribution >= 4 is 47.2 Å². The van der Waals surface area contributed by atoms with Crippen LogP contribution in [0.3, 0.4) is 0 Å². The van der Waals surface area contributed by atoms with E-state index in [0.29, 0.717) is 37.9 Å². The zero-order chi connectivity index (χ0) is 35.1. The summed E-state index contributed by atoms with van der Waals surface area (Å²) in [6.45, 7) is 9.40. The molecule has 6 N–H and O–H groups in total. The van der Waals surface area contributed by atoms with Crippen molar-refractivity contribution in [3.05, 3.63) is 29.8 Å². The molecule has 1 saturated heterocycles. The van der Waals surface area contributed by atoms with Crippen molar-refractivity contribution in [3.8, 4) is 0 Å². The van der Waals surface area contributed by atoms with Crippen LogP contribution in [0.25, 0.3) is 0 Å². The highest BCUT2D eigenvalue weighted by Gasteiger charge is 2.35. The minimum Gasteiger partial charge on any atom is -0.461 e. The number of hydrogen-bond donors (Lipinski definition) is 5. The molecule has 7 amide bonds. The highest BCUT2D eigenvalue weighted by atomic mass is 16.5. The lowest BCUT2D eigenvalue weighted by atomic mass is 10.0. The van der Waals surface area contributed by atoms with E-state index in [1.165, 1.54) is 4.90 Å². The zero-order valence-corrected chi connectivity index (χ0v) is 28.1. The van der Waals surface area contributed by atoms with E-state index in [2.05, 4.69) is 21.3 Å². The normalized spacial score (nSPS) is 15.7. The fourth-order valence-electron chi connectivity index (χ4n) is 4.88. The second kappa shape index (κ2) is 19.2. The molecule has 1 aromatic rings. The molecule has 0 spiro atoms. The Morgan fingerprint density at radius 2 is 1.62 bits per heavy atom. The van der Waals surface area contributed by atoms with Crippen LogP contribution in [0.5, 0.6) is 0 Å². The number of unbranched alkanes of at least 4 members (excludes halogenated alkanes) is 2. The number of imide groups is 1. The minimum atomic E-state index is -0.985. The van der Waals surface area contributed by atoms with E-state index in [-0.39, 0.29) is 73.9 Å². The molecule has 0 aromatic heterocycles. The van der Waals surface area contributed by atoms with E-state index >= 15 is 0 Å². The van der Waals surface area contributed by atoms with Crippen LogP contribution in [0.4, 0.5) is 10.5 Å². The predicted molar refractivity (Wildman–Crippen MR) is 174 cm³/mol. The van der Waals surface area contributed by atoms with Gasteiger partial charge >= 0.3 is 12.0 Å². The molecule has 0 saturated carbocycles. The molecule has 1 aromatic carbocycles. The van der Waals surface area contributed by atoms with E-state index in [0.717, 1.165) is 5.56 Å². The second-order valence-electron chi connectivity index (χ2n) is 12.5. The van der Waals surface area contributed by atoms with Crippen LogP contribution in [0, 0.1) is 17.8 Å². The number of primary amides is 1. The van der Waals surface area contributed by atoms with Crippen molar-refractivity contribution in [1.29, 1.82) is 0 Å². The topological polar surface area (TPSA) is 206 Å². The van der Waals surface area contributed by atoms with Crippen molar-refractivity contribution in [3.63, 3.8) is 0 Å². The van der Waals surface area contributed by atoms with Gasteiger partial charge in [0, 0.05) is 37.5 Å². The number of benzene rings is 1. The predicted octanol–water partition coefficient (Wildman–Crippen LogP) is 2.35. The molecule has 3 atom stereocenters. The highest BCUT2D eigenvalue weighted by molar-refractivity contribution is 6.03. The Labute approximate surface area is 276 Å². The third-order valence-electron chi connectivity index (χ3n) is 7.70. The molecule has 14 nitrogen and oxygen atoms in total. The summed E-state index contributed by atoms with van der Waals surface area (Å²) in [6.07, 6.45) is 2.64. The molecule has 0 aliphatic carbocycles. The standard InChI is InChI=1S/C33H50N6O8/c1-20(2)28(38-26(40)11-7-6-8-17-39-27(41)18-22(5)31(39)44)30(43)37-25(10-9-16-35-33(34)46)29(42)36-24-14-12-23(13-15-24)19-47-32(45)21(3)4/h12-15,20-22,25,28H,6-11,16-19H2,1-5H3,(H,36,42)(H,37,43)(H,38,40)(H3,34,35,46)/t22?,25-,28-/m0/s1. The number of ether oxygens (including phenoxy) is 1. The maximum Gasteiger partial charge on any atom is 0.312 e. The summed E-state index contributed by atoms with van der Waals surface area (Å²) in [4.78, 5) is 87.5. The van der Waals surface area contributed by atoms with Crippen molar-refractivity contribution in [1.82, 2.24) is 20.9 Å². The molecule has 0 bridgehead atoms. The molecule has 1 aliphatic rings. The fraction of sp³-hybridized carbons (Fsp3) is 0.606. The number of nitrogens with two attached hydrogens (primary N) is 1. The Morgan fingerprint density at radius 1 is 0.936 bits per heavy atom. The molecular formula is C33H50N6O8. The average molecular weight is 659 g/mol. The minimum absolute atomic E-state index is 0.0963. The van der Waals surface area contributed by atoms with Gasteiger partial charge in [0.1, 0.15) is 18.7 Å². The number of anilines is 1. The van der Waals surface area contributed by atoms with Crippen LogP contribution in [0.15, 0.2) is 24.3 Å². The van der Waals surface area contributed by atoms with E-state index < -0.39 is 29.9 Å². The molecule has 14 heteroatoms. The number of likely N-dealkylation sites (tertiary alicyclic amines) is 1. The lowest BCUT2D eigenvalue weighted by Crippen LogP contribution is -2.54. The van der Waals surface area contributed by atoms with Gasteiger partial charge in [-0.3, -0.25) is 33.7 Å². The summed E-state index contributed by atoms with van der Waals surface area (Å²) in [5.41, 5.74) is 6.34. The van der Waals surface area contributed by atoms with Gasteiger partial charge in [-0.2, -0.15) is 0 Å². The van der Waals surface area contributed by atoms with Gasteiger partial charge in [-0.15, -0.1) is 0 Å². The number of nitrogens with zero attached hydrogens (tertiary/aromatic N) is 1. The van der Waals surface area contributed by atoms with E-state index in [1.54, 1.807) is 58.9 Å². The Kier molecular flexibility index (Phi) is 15.8. The van der Waals surface area contributed by atoms with Gasteiger partial charge in [0.2, 0.25) is 29.5 Å². The van der Waals surface area contributed by atoms with Crippen molar-refractivity contribution < 1.29 is 38.3 Å². The number of hydrogen-bond acceptors (Lipinski definition) is 8. The van der Waals surface area contributed by atoms with E-state index in [4.69, 9.17) is 10.5 Å². The smallest absolute Gasteiger partial charge is 0.312 e. The van der Waals surface area contributed by atoms with Gasteiger partial charge in [0.15, 0.2) is 0 Å². The van der Waals surface area contributed by atoms with Gasteiger partial charge < -0.3 is 31.7 Å². The molecule has 2 rings (SSSR count).